The summed E-state index contributed by atoms with van der Waals surface area (Å²) in [6, 6.07) is 16.1. The number of thioether (sulfide) groups is 1. The predicted molar refractivity (Wildman–Crippen MR) is 102 cm³/mol. The molecule has 25 heavy (non-hydrogen) atoms. The van der Waals surface area contributed by atoms with Crippen molar-refractivity contribution < 1.29 is 4.74 Å². The van der Waals surface area contributed by atoms with Crippen molar-refractivity contribution in [3.8, 4) is 5.75 Å². The number of hydrogen-bond donors (Lipinski definition) is 0. The molecule has 0 N–H and O–H groups in total. The molecular weight excluding hydrogens is 400 g/mol. The Bertz CT molecular complexity index is 919. The molecule has 4 rings (SSSR count). The van der Waals surface area contributed by atoms with Crippen molar-refractivity contribution in [1.82, 2.24) is 14.9 Å². The van der Waals surface area contributed by atoms with E-state index in [1.165, 1.54) is 5.56 Å². The minimum atomic E-state index is 0.327. The number of nitrogens with zero attached hydrogens (tertiary/aromatic N) is 4. The van der Waals surface area contributed by atoms with Crippen molar-refractivity contribution in [2.75, 3.05) is 5.75 Å². The molecule has 1 aliphatic rings. The van der Waals surface area contributed by atoms with E-state index in [0.29, 0.717) is 12.4 Å². The molecule has 126 valence electrons. The molecule has 0 radical (unpaired) electrons. The van der Waals surface area contributed by atoms with Gasteiger partial charge in [-0.15, -0.1) is 10.2 Å². The number of benzene rings is 2. The van der Waals surface area contributed by atoms with Crippen LogP contribution in [-0.4, -0.2) is 26.3 Å². The topological polar surface area (TPSA) is 52.3 Å². The highest BCUT2D eigenvalue weighted by atomic mass is 79.9. The molecule has 3 aromatic rings. The smallest absolute Gasteiger partial charge is 0.212 e. The summed E-state index contributed by atoms with van der Waals surface area (Å²) in [6.07, 6.45) is 0. The van der Waals surface area contributed by atoms with Crippen LogP contribution in [0.4, 0.5) is 0 Å². The molecule has 0 spiro atoms. The van der Waals surface area contributed by atoms with Gasteiger partial charge in [0.2, 0.25) is 5.16 Å². The third-order valence-corrected chi connectivity index (χ3v) is 5.26. The molecule has 2 aromatic carbocycles. The lowest BCUT2D eigenvalue weighted by Gasteiger charge is -2.14. The van der Waals surface area contributed by atoms with Gasteiger partial charge in [0.1, 0.15) is 12.4 Å². The summed E-state index contributed by atoms with van der Waals surface area (Å²) in [7, 11) is 0. The molecule has 1 aromatic heterocycles. The average Bonchev–Trinajstić information content (AvgIpc) is 3.04. The van der Waals surface area contributed by atoms with E-state index >= 15 is 0 Å². The van der Waals surface area contributed by atoms with E-state index in [9.17, 15) is 0 Å². The van der Waals surface area contributed by atoms with E-state index in [0.717, 1.165) is 32.4 Å². The van der Waals surface area contributed by atoms with E-state index < -0.39 is 0 Å². The van der Waals surface area contributed by atoms with Crippen LogP contribution in [0.1, 0.15) is 17.0 Å². The molecule has 0 amide bonds. The first-order valence-corrected chi connectivity index (χ1v) is 9.57. The largest absolute Gasteiger partial charge is 0.486 e. The first kappa shape index (κ1) is 16.4. The Kier molecular flexibility index (Phi) is 4.59. The quantitative estimate of drug-likeness (QED) is 0.638. The van der Waals surface area contributed by atoms with Crippen molar-refractivity contribution in [2.24, 2.45) is 5.10 Å². The molecule has 0 aliphatic carbocycles. The number of halogens is 1. The number of fused-ring (bicyclic) bond motifs is 1. The van der Waals surface area contributed by atoms with Gasteiger partial charge < -0.3 is 4.74 Å². The Morgan fingerprint density at radius 2 is 1.84 bits per heavy atom. The standard InChI is InChI=1S/C18H15BrN4OS/c1-12-2-8-15(9-3-12)24-10-17-20-21-18-23(17)22-16(11-25-18)13-4-6-14(19)7-5-13/h2-9H,10-11H2,1H3. The summed E-state index contributed by atoms with van der Waals surface area (Å²) in [5.41, 5.74) is 3.30. The van der Waals surface area contributed by atoms with Crippen LogP contribution in [0.15, 0.2) is 63.3 Å². The van der Waals surface area contributed by atoms with Crippen LogP contribution < -0.4 is 4.74 Å². The van der Waals surface area contributed by atoms with Crippen molar-refractivity contribution in [3.05, 3.63) is 70.0 Å². The zero-order valence-electron chi connectivity index (χ0n) is 13.5. The van der Waals surface area contributed by atoms with Gasteiger partial charge in [0.15, 0.2) is 5.82 Å². The highest BCUT2D eigenvalue weighted by molar-refractivity contribution is 9.10. The molecule has 0 atom stereocenters. The summed E-state index contributed by atoms with van der Waals surface area (Å²) in [5.74, 6) is 2.28. The first-order chi connectivity index (χ1) is 12.2. The molecule has 0 saturated carbocycles. The number of aromatic nitrogens is 3. The van der Waals surface area contributed by atoms with Gasteiger partial charge in [-0.25, -0.2) is 0 Å². The molecule has 7 heteroatoms. The van der Waals surface area contributed by atoms with Gasteiger partial charge in [-0.2, -0.15) is 9.78 Å². The Hall–Kier alpha value is -2.12. The summed E-state index contributed by atoms with van der Waals surface area (Å²) in [5, 5.41) is 14.0. The zero-order valence-corrected chi connectivity index (χ0v) is 15.9. The average molecular weight is 415 g/mol. The number of aryl methyl sites for hydroxylation is 1. The molecule has 2 heterocycles. The number of hydrogen-bond acceptors (Lipinski definition) is 5. The molecule has 1 aliphatic heterocycles. The maximum Gasteiger partial charge on any atom is 0.212 e. The van der Waals surface area contributed by atoms with Crippen LogP contribution >= 0.6 is 27.7 Å². The normalized spacial score (nSPS) is 13.3. The molecule has 0 bridgehead atoms. The fourth-order valence-corrected chi connectivity index (χ4v) is 3.55. The van der Waals surface area contributed by atoms with Gasteiger partial charge in [-0.3, -0.25) is 0 Å². The van der Waals surface area contributed by atoms with Crippen LogP contribution in [0.3, 0.4) is 0 Å². The van der Waals surface area contributed by atoms with E-state index in [1.54, 1.807) is 16.4 Å². The van der Waals surface area contributed by atoms with Gasteiger partial charge in [0.25, 0.3) is 0 Å². The Balaban J connectivity index is 1.56. The summed E-state index contributed by atoms with van der Waals surface area (Å²) < 4.78 is 8.65. The van der Waals surface area contributed by atoms with E-state index in [2.05, 4.69) is 38.3 Å². The highest BCUT2D eigenvalue weighted by Gasteiger charge is 2.20. The van der Waals surface area contributed by atoms with Gasteiger partial charge in [0, 0.05) is 10.2 Å². The molecule has 0 unspecified atom stereocenters. The van der Waals surface area contributed by atoms with Crippen LogP contribution in [0.2, 0.25) is 0 Å². The zero-order chi connectivity index (χ0) is 17.2. The molecule has 0 saturated heterocycles. The Morgan fingerprint density at radius 3 is 2.60 bits per heavy atom. The maximum absolute atomic E-state index is 5.82. The van der Waals surface area contributed by atoms with Gasteiger partial charge in [-0.05, 0) is 36.8 Å². The van der Waals surface area contributed by atoms with E-state index in [1.807, 2.05) is 43.3 Å². The van der Waals surface area contributed by atoms with Crippen LogP contribution in [0, 0.1) is 6.92 Å². The lowest BCUT2D eigenvalue weighted by atomic mass is 10.1. The van der Waals surface area contributed by atoms with Gasteiger partial charge in [0.05, 0.1) is 5.71 Å². The minimum absolute atomic E-state index is 0.327. The van der Waals surface area contributed by atoms with Gasteiger partial charge in [-0.1, -0.05) is 57.5 Å². The second-order valence-corrected chi connectivity index (χ2v) is 7.51. The Morgan fingerprint density at radius 1 is 1.08 bits per heavy atom. The second kappa shape index (κ2) is 7.01. The molecule has 0 fully saturated rings. The summed E-state index contributed by atoms with van der Waals surface area (Å²) in [4.78, 5) is 0. The third-order valence-electron chi connectivity index (χ3n) is 3.80. The second-order valence-electron chi connectivity index (χ2n) is 5.65. The van der Waals surface area contributed by atoms with E-state index in [4.69, 9.17) is 9.84 Å². The number of rotatable bonds is 4. The Labute approximate surface area is 158 Å². The van der Waals surface area contributed by atoms with Crippen LogP contribution in [-0.2, 0) is 6.61 Å². The minimum Gasteiger partial charge on any atom is -0.486 e. The lowest BCUT2D eigenvalue weighted by Crippen LogP contribution is -2.15. The summed E-state index contributed by atoms with van der Waals surface area (Å²) >= 11 is 5.09. The van der Waals surface area contributed by atoms with Gasteiger partial charge >= 0.3 is 0 Å². The van der Waals surface area contributed by atoms with Crippen molar-refractivity contribution in [2.45, 2.75) is 18.7 Å². The molecular formula is C18H15BrN4OS. The summed E-state index contributed by atoms with van der Waals surface area (Å²) in [6.45, 7) is 2.38. The predicted octanol–water partition coefficient (Wildman–Crippen LogP) is 4.29. The highest BCUT2D eigenvalue weighted by Crippen LogP contribution is 2.25. The fraction of sp³-hybridized carbons (Fsp3) is 0.167. The first-order valence-electron chi connectivity index (χ1n) is 7.79. The fourth-order valence-electron chi connectivity index (χ4n) is 2.42. The number of ether oxygens (including phenoxy) is 1. The monoisotopic (exact) mass is 414 g/mol. The van der Waals surface area contributed by atoms with Crippen LogP contribution in [0.25, 0.3) is 0 Å². The maximum atomic E-state index is 5.82. The van der Waals surface area contributed by atoms with Crippen molar-refractivity contribution in [1.29, 1.82) is 0 Å². The van der Waals surface area contributed by atoms with E-state index in [-0.39, 0.29) is 0 Å². The van der Waals surface area contributed by atoms with Crippen molar-refractivity contribution in [3.63, 3.8) is 0 Å². The van der Waals surface area contributed by atoms with Crippen molar-refractivity contribution >= 4 is 33.4 Å². The SMILES string of the molecule is Cc1ccc(OCc2nnc3n2N=C(c2ccc(Br)cc2)CS3)cc1. The molecule has 5 nitrogen and oxygen atoms in total. The lowest BCUT2D eigenvalue weighted by molar-refractivity contribution is 0.290. The van der Waals surface area contributed by atoms with Crippen LogP contribution in [0.5, 0.6) is 5.75 Å². The third kappa shape index (κ3) is 3.62.